The predicted molar refractivity (Wildman–Crippen MR) is 82.6 cm³/mol. The van der Waals surface area contributed by atoms with Gasteiger partial charge in [0.25, 0.3) is 0 Å². The number of hydrogen-bond acceptors (Lipinski definition) is 1. The molecule has 2 heteroatoms. The molecule has 1 saturated carbocycles. The fourth-order valence-electron chi connectivity index (χ4n) is 4.39. The molecule has 4 atom stereocenters. The Morgan fingerprint density at radius 1 is 1.15 bits per heavy atom. The van der Waals surface area contributed by atoms with E-state index >= 15 is 0 Å². The third-order valence-electron chi connectivity index (χ3n) is 5.40. The maximum absolute atomic E-state index is 10.7. The van der Waals surface area contributed by atoms with Crippen molar-refractivity contribution >= 4 is 5.97 Å². The molecule has 0 unspecified atom stereocenters. The number of aliphatic carboxylic acids is 1. The topological polar surface area (TPSA) is 37.3 Å². The second-order valence-electron chi connectivity index (χ2n) is 6.75. The molecule has 0 aromatic carbocycles. The van der Waals surface area contributed by atoms with Crippen molar-refractivity contribution < 1.29 is 9.90 Å². The van der Waals surface area contributed by atoms with Crippen LogP contribution in [0.2, 0.25) is 0 Å². The summed E-state index contributed by atoms with van der Waals surface area (Å²) in [5.74, 6) is 2.48. The van der Waals surface area contributed by atoms with E-state index in [0.29, 0.717) is 6.42 Å². The van der Waals surface area contributed by atoms with Crippen molar-refractivity contribution in [3.05, 3.63) is 12.2 Å². The first-order valence-electron chi connectivity index (χ1n) is 8.62. The molecule has 0 heterocycles. The number of allylic oxidation sites excluding steroid dienone is 2. The van der Waals surface area contributed by atoms with Crippen LogP contribution in [0.25, 0.3) is 0 Å². The molecule has 1 fully saturated rings. The Morgan fingerprint density at radius 3 is 2.75 bits per heavy atom. The molecule has 2 aliphatic carbocycles. The van der Waals surface area contributed by atoms with Gasteiger partial charge in [-0.25, -0.2) is 0 Å². The first kappa shape index (κ1) is 15.6. The molecule has 2 rings (SSSR count). The molecule has 0 amide bonds. The first-order valence-corrected chi connectivity index (χ1v) is 8.62. The molecule has 0 radical (unpaired) electrons. The molecule has 1 N–H and O–H groups in total. The average Bonchev–Trinajstić information content (AvgIpc) is 2.89. The fourth-order valence-corrected chi connectivity index (χ4v) is 4.39. The summed E-state index contributed by atoms with van der Waals surface area (Å²) in [6, 6.07) is 0. The third-order valence-corrected chi connectivity index (χ3v) is 5.40. The van der Waals surface area contributed by atoms with Crippen LogP contribution in [-0.4, -0.2) is 11.1 Å². The van der Waals surface area contributed by atoms with Crippen molar-refractivity contribution in [2.24, 2.45) is 23.7 Å². The van der Waals surface area contributed by atoms with Crippen molar-refractivity contribution in [2.45, 2.75) is 71.1 Å². The van der Waals surface area contributed by atoms with E-state index in [1.807, 2.05) is 0 Å². The highest BCUT2D eigenvalue weighted by molar-refractivity contribution is 5.66. The second-order valence-corrected chi connectivity index (χ2v) is 6.75. The Hall–Kier alpha value is -0.790. The van der Waals surface area contributed by atoms with Crippen LogP contribution in [-0.2, 0) is 4.79 Å². The summed E-state index contributed by atoms with van der Waals surface area (Å²) in [4.78, 5) is 10.7. The Bertz CT molecular complexity index is 334. The Balaban J connectivity index is 1.92. The molecular formula is C18H30O2. The van der Waals surface area contributed by atoms with Gasteiger partial charge in [-0.15, -0.1) is 0 Å². The van der Waals surface area contributed by atoms with E-state index in [9.17, 15) is 4.79 Å². The number of carboxylic acid groups (broad SMARTS) is 1. The molecule has 2 nitrogen and oxygen atoms in total. The van der Waals surface area contributed by atoms with Crippen LogP contribution >= 0.6 is 0 Å². The van der Waals surface area contributed by atoms with E-state index in [4.69, 9.17) is 5.11 Å². The van der Waals surface area contributed by atoms with Gasteiger partial charge in [-0.1, -0.05) is 44.8 Å². The van der Waals surface area contributed by atoms with Crippen molar-refractivity contribution in [1.82, 2.24) is 0 Å². The molecule has 0 saturated heterocycles. The molecule has 20 heavy (non-hydrogen) atoms. The number of unbranched alkanes of at least 4 members (excludes halogenated alkanes) is 2. The molecule has 0 spiro atoms. The number of rotatable bonds is 8. The smallest absolute Gasteiger partial charge is 0.303 e. The Kier molecular flexibility index (Phi) is 6.12. The lowest BCUT2D eigenvalue weighted by Crippen LogP contribution is -2.28. The summed E-state index contributed by atoms with van der Waals surface area (Å²) in [6.45, 7) is 2.26. The summed E-state index contributed by atoms with van der Waals surface area (Å²) in [7, 11) is 0. The highest BCUT2D eigenvalue weighted by Crippen LogP contribution is 2.47. The molecule has 2 aliphatic rings. The largest absolute Gasteiger partial charge is 0.481 e. The van der Waals surface area contributed by atoms with E-state index in [2.05, 4.69) is 19.1 Å². The van der Waals surface area contributed by atoms with E-state index in [0.717, 1.165) is 36.5 Å². The van der Waals surface area contributed by atoms with Crippen LogP contribution in [0, 0.1) is 23.7 Å². The summed E-state index contributed by atoms with van der Waals surface area (Å²) < 4.78 is 0. The van der Waals surface area contributed by atoms with Gasteiger partial charge in [0.1, 0.15) is 0 Å². The second kappa shape index (κ2) is 7.85. The van der Waals surface area contributed by atoms with Gasteiger partial charge in [0.2, 0.25) is 0 Å². The summed E-state index contributed by atoms with van der Waals surface area (Å²) >= 11 is 0. The van der Waals surface area contributed by atoms with Crippen molar-refractivity contribution in [2.75, 3.05) is 0 Å². The zero-order valence-electron chi connectivity index (χ0n) is 12.9. The zero-order valence-corrected chi connectivity index (χ0v) is 12.9. The maximum atomic E-state index is 10.7. The fraction of sp³-hybridized carbons (Fsp3) is 0.833. The van der Waals surface area contributed by atoms with Crippen LogP contribution in [0.15, 0.2) is 12.2 Å². The SMILES string of the molecule is CCCCC[C@@H]1C=C[C@@H]2CCC[C@@H]2[C@@H]1CCCC(=O)O. The molecule has 0 aromatic heterocycles. The van der Waals surface area contributed by atoms with E-state index < -0.39 is 5.97 Å². The lowest BCUT2D eigenvalue weighted by Gasteiger charge is -2.37. The number of carbonyl (C=O) groups is 1. The normalized spacial score (nSPS) is 32.2. The zero-order chi connectivity index (χ0) is 14.4. The van der Waals surface area contributed by atoms with Crippen molar-refractivity contribution in [1.29, 1.82) is 0 Å². The van der Waals surface area contributed by atoms with Crippen LogP contribution in [0.5, 0.6) is 0 Å². The van der Waals surface area contributed by atoms with Gasteiger partial charge in [-0.2, -0.15) is 0 Å². The molecule has 114 valence electrons. The van der Waals surface area contributed by atoms with Crippen LogP contribution in [0.4, 0.5) is 0 Å². The standard InChI is InChI=1S/C18H30O2/c1-2-3-4-7-14-12-13-15-8-5-9-16(15)17(14)10-6-11-18(19)20/h12-17H,2-11H2,1H3,(H,19,20)/t14-,15+,16+,17-/m1/s1. The highest BCUT2D eigenvalue weighted by atomic mass is 16.4. The third kappa shape index (κ3) is 4.10. The van der Waals surface area contributed by atoms with Gasteiger partial charge in [0, 0.05) is 6.42 Å². The average molecular weight is 278 g/mol. The van der Waals surface area contributed by atoms with Gasteiger partial charge in [0.15, 0.2) is 0 Å². The minimum atomic E-state index is -0.637. The minimum Gasteiger partial charge on any atom is -0.481 e. The maximum Gasteiger partial charge on any atom is 0.303 e. The van der Waals surface area contributed by atoms with Gasteiger partial charge in [-0.3, -0.25) is 4.79 Å². The molecular weight excluding hydrogens is 248 g/mol. The van der Waals surface area contributed by atoms with Crippen molar-refractivity contribution in [3.8, 4) is 0 Å². The predicted octanol–water partition coefficient (Wildman–Crippen LogP) is 5.04. The molecule has 0 bridgehead atoms. The van der Waals surface area contributed by atoms with Crippen LogP contribution < -0.4 is 0 Å². The minimum absolute atomic E-state index is 0.347. The number of carboxylic acids is 1. The van der Waals surface area contributed by atoms with E-state index in [1.165, 1.54) is 44.9 Å². The van der Waals surface area contributed by atoms with Crippen molar-refractivity contribution in [3.63, 3.8) is 0 Å². The van der Waals surface area contributed by atoms with Crippen LogP contribution in [0.1, 0.15) is 71.1 Å². The van der Waals surface area contributed by atoms with Crippen LogP contribution in [0.3, 0.4) is 0 Å². The first-order chi connectivity index (χ1) is 9.72. The highest BCUT2D eigenvalue weighted by Gasteiger charge is 2.38. The molecule has 0 aliphatic heterocycles. The van der Waals surface area contributed by atoms with Gasteiger partial charge in [0.05, 0.1) is 0 Å². The van der Waals surface area contributed by atoms with Gasteiger partial charge in [-0.05, 0) is 55.8 Å². The summed E-state index contributed by atoms with van der Waals surface area (Å²) in [5.41, 5.74) is 0. The lowest BCUT2D eigenvalue weighted by atomic mass is 9.68. The lowest BCUT2D eigenvalue weighted by molar-refractivity contribution is -0.137. The number of fused-ring (bicyclic) bond motifs is 1. The van der Waals surface area contributed by atoms with E-state index in [-0.39, 0.29) is 0 Å². The molecule has 0 aromatic rings. The van der Waals surface area contributed by atoms with Gasteiger partial charge >= 0.3 is 5.97 Å². The monoisotopic (exact) mass is 278 g/mol. The quantitative estimate of drug-likeness (QED) is 0.499. The Labute approximate surface area is 123 Å². The number of hydrogen-bond donors (Lipinski definition) is 1. The van der Waals surface area contributed by atoms with Gasteiger partial charge < -0.3 is 5.11 Å². The summed E-state index contributed by atoms with van der Waals surface area (Å²) in [5, 5.41) is 8.86. The Morgan fingerprint density at radius 2 is 2.00 bits per heavy atom. The summed E-state index contributed by atoms with van der Waals surface area (Å²) in [6.07, 6.45) is 16.7. The van der Waals surface area contributed by atoms with E-state index in [1.54, 1.807) is 0 Å².